The van der Waals surface area contributed by atoms with E-state index in [4.69, 9.17) is 4.99 Å². The Kier molecular flexibility index (Phi) is 6.86. The summed E-state index contributed by atoms with van der Waals surface area (Å²) >= 11 is 0. The monoisotopic (exact) mass is 471 g/mol. The molecule has 6 heteroatoms. The number of aryl methyl sites for hydroxylation is 1. The maximum absolute atomic E-state index is 5.08. The lowest BCUT2D eigenvalue weighted by Gasteiger charge is -2.23. The summed E-state index contributed by atoms with van der Waals surface area (Å²) in [6.45, 7) is 6.44. The van der Waals surface area contributed by atoms with Crippen LogP contribution in [0, 0.1) is 23.7 Å². The number of halogens is 1. The zero-order valence-corrected chi connectivity index (χ0v) is 18.6. The standard InChI is InChI=1S/C20H33N5.HI/c1-3-21-20(22-12-19(17-4-5-17)18-6-7-18)25-9-8-15(14-25)10-16-11-23-24(2)13-16;/h11,13,15,17-19H,3-10,12,14H2,1-2H3,(H,21,22);1H. The smallest absolute Gasteiger partial charge is 0.193 e. The first-order valence-corrected chi connectivity index (χ1v) is 10.2. The van der Waals surface area contributed by atoms with Crippen molar-refractivity contribution in [3.8, 4) is 0 Å². The molecule has 4 rings (SSSR count). The SMILES string of the molecule is CCNC(=NCC(C1CC1)C1CC1)N1CCC(Cc2cnn(C)c2)C1.I. The van der Waals surface area contributed by atoms with E-state index in [0.29, 0.717) is 0 Å². The molecule has 0 bridgehead atoms. The normalized spacial score (nSPS) is 23.4. The highest BCUT2D eigenvalue weighted by molar-refractivity contribution is 14.0. The Labute approximate surface area is 175 Å². The van der Waals surface area contributed by atoms with Gasteiger partial charge in [0.05, 0.1) is 6.20 Å². The highest BCUT2D eigenvalue weighted by atomic mass is 127. The van der Waals surface area contributed by atoms with E-state index < -0.39 is 0 Å². The van der Waals surface area contributed by atoms with Gasteiger partial charge in [-0.3, -0.25) is 9.67 Å². The Hall–Kier alpha value is -0.790. The number of aliphatic imine (C=N–C) groups is 1. The van der Waals surface area contributed by atoms with Crippen LogP contribution in [0.4, 0.5) is 0 Å². The molecule has 1 aromatic rings. The molecule has 1 aromatic heterocycles. The molecule has 2 heterocycles. The molecule has 3 aliphatic rings. The van der Waals surface area contributed by atoms with Crippen LogP contribution >= 0.6 is 24.0 Å². The van der Waals surface area contributed by atoms with Crippen molar-refractivity contribution >= 4 is 29.9 Å². The van der Waals surface area contributed by atoms with E-state index in [9.17, 15) is 0 Å². The summed E-state index contributed by atoms with van der Waals surface area (Å²) < 4.78 is 1.91. The predicted octanol–water partition coefficient (Wildman–Crippen LogP) is 3.30. The van der Waals surface area contributed by atoms with Gasteiger partial charge in [0.1, 0.15) is 0 Å². The molecule has 26 heavy (non-hydrogen) atoms. The van der Waals surface area contributed by atoms with E-state index in [0.717, 1.165) is 62.2 Å². The van der Waals surface area contributed by atoms with Crippen LogP contribution in [-0.4, -0.2) is 46.8 Å². The van der Waals surface area contributed by atoms with Crippen molar-refractivity contribution in [2.45, 2.75) is 45.4 Å². The van der Waals surface area contributed by atoms with Gasteiger partial charge in [-0.15, -0.1) is 24.0 Å². The second-order valence-corrected chi connectivity index (χ2v) is 8.36. The fraction of sp³-hybridized carbons (Fsp3) is 0.800. The highest BCUT2D eigenvalue weighted by Crippen LogP contribution is 2.49. The summed E-state index contributed by atoms with van der Waals surface area (Å²) in [7, 11) is 2.00. The van der Waals surface area contributed by atoms with Gasteiger partial charge in [0.25, 0.3) is 0 Å². The topological polar surface area (TPSA) is 45.5 Å². The van der Waals surface area contributed by atoms with Gasteiger partial charge in [-0.1, -0.05) is 0 Å². The lowest BCUT2D eigenvalue weighted by Crippen LogP contribution is -2.40. The van der Waals surface area contributed by atoms with Crippen LogP contribution in [0.3, 0.4) is 0 Å². The summed E-state index contributed by atoms with van der Waals surface area (Å²) in [4.78, 5) is 7.57. The number of rotatable bonds is 7. The number of likely N-dealkylation sites (tertiary alicyclic amines) is 1. The van der Waals surface area contributed by atoms with Crippen LogP contribution in [0.2, 0.25) is 0 Å². The molecule has 1 N–H and O–H groups in total. The number of nitrogens with zero attached hydrogens (tertiary/aromatic N) is 4. The van der Waals surface area contributed by atoms with E-state index in [2.05, 4.69) is 28.4 Å². The lowest BCUT2D eigenvalue weighted by molar-refractivity contribution is 0.408. The Morgan fingerprint density at radius 3 is 2.58 bits per heavy atom. The molecule has 1 atom stereocenters. The molecule has 1 aliphatic heterocycles. The lowest BCUT2D eigenvalue weighted by atomic mass is 9.98. The summed E-state index contributed by atoms with van der Waals surface area (Å²) in [5, 5.41) is 7.85. The van der Waals surface area contributed by atoms with Gasteiger partial charge in [0, 0.05) is 39.4 Å². The Morgan fingerprint density at radius 2 is 2.00 bits per heavy atom. The van der Waals surface area contributed by atoms with Crippen LogP contribution in [0.5, 0.6) is 0 Å². The maximum Gasteiger partial charge on any atom is 0.193 e. The average Bonchev–Trinajstić information content (AvgIpc) is 3.52. The van der Waals surface area contributed by atoms with Crippen molar-refractivity contribution < 1.29 is 0 Å². The van der Waals surface area contributed by atoms with Gasteiger partial charge < -0.3 is 10.2 Å². The van der Waals surface area contributed by atoms with Crippen LogP contribution < -0.4 is 5.32 Å². The van der Waals surface area contributed by atoms with Crippen LogP contribution in [-0.2, 0) is 13.5 Å². The zero-order chi connectivity index (χ0) is 17.2. The van der Waals surface area contributed by atoms with Crippen LogP contribution in [0.1, 0.15) is 44.6 Å². The van der Waals surface area contributed by atoms with Crippen molar-refractivity contribution in [1.29, 1.82) is 0 Å². The van der Waals surface area contributed by atoms with Crippen molar-refractivity contribution in [1.82, 2.24) is 20.0 Å². The molecule has 1 saturated heterocycles. The predicted molar refractivity (Wildman–Crippen MR) is 117 cm³/mol. The number of hydrogen-bond acceptors (Lipinski definition) is 2. The molecule has 0 spiro atoms. The molecule has 0 aromatic carbocycles. The first-order valence-electron chi connectivity index (χ1n) is 10.2. The van der Waals surface area contributed by atoms with Crippen LogP contribution in [0.25, 0.3) is 0 Å². The van der Waals surface area contributed by atoms with Gasteiger partial charge in [-0.25, -0.2) is 0 Å². The second-order valence-electron chi connectivity index (χ2n) is 8.36. The van der Waals surface area contributed by atoms with E-state index in [1.54, 1.807) is 0 Å². The van der Waals surface area contributed by atoms with Gasteiger partial charge in [-0.05, 0) is 74.7 Å². The van der Waals surface area contributed by atoms with Crippen molar-refractivity contribution in [3.63, 3.8) is 0 Å². The second kappa shape index (κ2) is 8.93. The zero-order valence-electron chi connectivity index (χ0n) is 16.2. The Morgan fingerprint density at radius 1 is 1.27 bits per heavy atom. The molecule has 1 unspecified atom stereocenters. The molecule has 5 nitrogen and oxygen atoms in total. The number of hydrogen-bond donors (Lipinski definition) is 1. The molecule has 2 saturated carbocycles. The molecular formula is C20H34IN5. The number of guanidine groups is 1. The summed E-state index contributed by atoms with van der Waals surface area (Å²) in [5.74, 6) is 4.70. The van der Waals surface area contributed by atoms with Gasteiger partial charge in [0.2, 0.25) is 0 Å². The fourth-order valence-electron chi connectivity index (χ4n) is 4.45. The molecule has 2 aliphatic carbocycles. The van der Waals surface area contributed by atoms with E-state index in [1.165, 1.54) is 37.7 Å². The molecule has 146 valence electrons. The summed E-state index contributed by atoms with van der Waals surface area (Å²) in [6, 6.07) is 0. The van der Waals surface area contributed by atoms with Gasteiger partial charge in [0.15, 0.2) is 5.96 Å². The van der Waals surface area contributed by atoms with Crippen LogP contribution in [0.15, 0.2) is 17.4 Å². The fourth-order valence-corrected chi connectivity index (χ4v) is 4.45. The van der Waals surface area contributed by atoms with E-state index in [1.807, 2.05) is 17.9 Å². The van der Waals surface area contributed by atoms with Crippen molar-refractivity contribution in [3.05, 3.63) is 18.0 Å². The van der Waals surface area contributed by atoms with Crippen molar-refractivity contribution in [2.75, 3.05) is 26.2 Å². The third-order valence-corrected chi connectivity index (χ3v) is 6.11. The van der Waals surface area contributed by atoms with Gasteiger partial charge in [-0.2, -0.15) is 5.10 Å². The first kappa shape index (κ1) is 20.0. The Balaban J connectivity index is 0.00000196. The van der Waals surface area contributed by atoms with Gasteiger partial charge >= 0.3 is 0 Å². The average molecular weight is 471 g/mol. The molecular weight excluding hydrogens is 437 g/mol. The third kappa shape index (κ3) is 5.14. The molecule has 3 fully saturated rings. The maximum atomic E-state index is 5.08. The highest BCUT2D eigenvalue weighted by Gasteiger charge is 2.41. The minimum absolute atomic E-state index is 0. The molecule has 0 radical (unpaired) electrons. The number of nitrogens with one attached hydrogen (secondary N) is 1. The third-order valence-electron chi connectivity index (χ3n) is 6.11. The van der Waals surface area contributed by atoms with E-state index in [-0.39, 0.29) is 24.0 Å². The summed E-state index contributed by atoms with van der Waals surface area (Å²) in [6.07, 6.45) is 12.3. The van der Waals surface area contributed by atoms with E-state index >= 15 is 0 Å². The molecule has 0 amide bonds. The first-order chi connectivity index (χ1) is 12.2. The number of aromatic nitrogens is 2. The largest absolute Gasteiger partial charge is 0.357 e. The van der Waals surface area contributed by atoms with Crippen molar-refractivity contribution in [2.24, 2.45) is 35.7 Å². The minimum atomic E-state index is 0. The summed E-state index contributed by atoms with van der Waals surface area (Å²) in [5.41, 5.74) is 1.36. The quantitative estimate of drug-likeness (QED) is 0.377. The Bertz CT molecular complexity index is 593. The minimum Gasteiger partial charge on any atom is -0.357 e.